The number of carbonyl (C=O) groups excluding carboxylic acids is 1. The molecule has 94 valence electrons. The summed E-state index contributed by atoms with van der Waals surface area (Å²) in [5.74, 6) is -0.415. The Morgan fingerprint density at radius 2 is 2.33 bits per heavy atom. The number of carbonyl (C=O) groups is 1. The number of hydrogen-bond donors (Lipinski definition) is 0. The monoisotopic (exact) mass is 280 g/mol. The second-order valence-corrected chi connectivity index (χ2v) is 5.64. The van der Waals surface area contributed by atoms with E-state index >= 15 is 0 Å². The predicted molar refractivity (Wildman–Crippen MR) is 71.2 cm³/mol. The highest BCUT2D eigenvalue weighted by molar-refractivity contribution is 8.01. The molecule has 0 aliphatic rings. The van der Waals surface area contributed by atoms with Gasteiger partial charge >= 0.3 is 5.97 Å². The Morgan fingerprint density at radius 1 is 1.50 bits per heavy atom. The summed E-state index contributed by atoms with van der Waals surface area (Å²) in [4.78, 5) is 12.7. The molecule has 4 nitrogen and oxygen atoms in total. The maximum Gasteiger partial charge on any atom is 0.361 e. The first-order valence-electron chi connectivity index (χ1n) is 5.44. The zero-order valence-electron chi connectivity index (χ0n) is 10.0. The van der Waals surface area contributed by atoms with Crippen molar-refractivity contribution < 1.29 is 9.53 Å². The van der Waals surface area contributed by atoms with Gasteiger partial charge in [-0.25, -0.2) is 4.79 Å². The van der Waals surface area contributed by atoms with Crippen molar-refractivity contribution in [1.82, 2.24) is 9.59 Å². The zero-order chi connectivity index (χ0) is 13.0. The van der Waals surface area contributed by atoms with E-state index in [4.69, 9.17) is 4.74 Å². The van der Waals surface area contributed by atoms with E-state index in [9.17, 15) is 4.79 Å². The average Bonchev–Trinajstić information content (AvgIpc) is 2.77. The van der Waals surface area contributed by atoms with E-state index in [0.29, 0.717) is 12.3 Å². The van der Waals surface area contributed by atoms with Crippen LogP contribution in [0.1, 0.15) is 23.0 Å². The molecule has 0 fully saturated rings. The standard InChI is InChI=1S/C12H12N2O2S2/c1-3-16-11(15)10-12(18-14-13-10)17-9-6-4-5-8(2)7-9/h4-7H,3H2,1-2H3. The molecule has 0 radical (unpaired) electrons. The summed E-state index contributed by atoms with van der Waals surface area (Å²) in [6.45, 7) is 4.14. The van der Waals surface area contributed by atoms with Gasteiger partial charge in [0, 0.05) is 4.90 Å². The van der Waals surface area contributed by atoms with E-state index in [1.54, 1.807) is 6.92 Å². The van der Waals surface area contributed by atoms with E-state index < -0.39 is 5.97 Å². The summed E-state index contributed by atoms with van der Waals surface area (Å²) < 4.78 is 9.52. The number of esters is 1. The Hall–Kier alpha value is -1.40. The molecule has 1 aromatic carbocycles. The lowest BCUT2D eigenvalue weighted by atomic mass is 10.2. The molecule has 0 aliphatic carbocycles. The van der Waals surface area contributed by atoms with Crippen molar-refractivity contribution in [3.63, 3.8) is 0 Å². The molecular formula is C12H12N2O2S2. The topological polar surface area (TPSA) is 52.1 Å². The fraction of sp³-hybridized carbons (Fsp3) is 0.250. The summed E-state index contributed by atoms with van der Waals surface area (Å²) in [5, 5.41) is 3.83. The van der Waals surface area contributed by atoms with Gasteiger partial charge in [-0.3, -0.25) is 0 Å². The van der Waals surface area contributed by atoms with Crippen molar-refractivity contribution in [1.29, 1.82) is 0 Å². The number of rotatable bonds is 4. The lowest BCUT2D eigenvalue weighted by Crippen LogP contribution is -2.06. The van der Waals surface area contributed by atoms with Crippen LogP contribution in [-0.4, -0.2) is 22.2 Å². The second kappa shape index (κ2) is 5.97. The summed E-state index contributed by atoms with van der Waals surface area (Å²) in [7, 11) is 0. The lowest BCUT2D eigenvalue weighted by Gasteiger charge is -2.02. The fourth-order valence-electron chi connectivity index (χ4n) is 1.36. The maximum atomic E-state index is 11.7. The molecule has 1 heterocycles. The van der Waals surface area contributed by atoms with Crippen LogP contribution in [-0.2, 0) is 4.74 Å². The third kappa shape index (κ3) is 3.08. The fourth-order valence-corrected chi connectivity index (χ4v) is 3.13. The number of ether oxygens (including phenoxy) is 1. The minimum atomic E-state index is -0.415. The molecule has 0 saturated heterocycles. The minimum Gasteiger partial charge on any atom is -0.461 e. The van der Waals surface area contributed by atoms with Crippen LogP contribution in [0.25, 0.3) is 0 Å². The highest BCUT2D eigenvalue weighted by atomic mass is 32.2. The van der Waals surface area contributed by atoms with Crippen molar-refractivity contribution in [2.75, 3.05) is 6.61 Å². The van der Waals surface area contributed by atoms with Gasteiger partial charge in [0.2, 0.25) is 0 Å². The van der Waals surface area contributed by atoms with Gasteiger partial charge in [0.15, 0.2) is 5.69 Å². The Balaban J connectivity index is 2.20. The Morgan fingerprint density at radius 3 is 3.06 bits per heavy atom. The molecule has 0 bridgehead atoms. The van der Waals surface area contributed by atoms with Gasteiger partial charge in [0.05, 0.1) is 6.61 Å². The van der Waals surface area contributed by atoms with E-state index in [2.05, 4.69) is 15.7 Å². The molecular weight excluding hydrogens is 268 g/mol. The first-order valence-corrected chi connectivity index (χ1v) is 7.03. The van der Waals surface area contributed by atoms with Crippen LogP contribution in [0, 0.1) is 6.92 Å². The Labute approximate surface area is 114 Å². The number of aryl methyl sites for hydroxylation is 1. The highest BCUT2D eigenvalue weighted by Crippen LogP contribution is 2.32. The van der Waals surface area contributed by atoms with Crippen LogP contribution in [0.2, 0.25) is 0 Å². The van der Waals surface area contributed by atoms with Gasteiger partial charge in [0.1, 0.15) is 4.21 Å². The van der Waals surface area contributed by atoms with Crippen LogP contribution in [0.5, 0.6) is 0 Å². The molecule has 2 aromatic rings. The van der Waals surface area contributed by atoms with E-state index in [0.717, 1.165) is 9.10 Å². The van der Waals surface area contributed by atoms with Crippen molar-refractivity contribution >= 4 is 29.3 Å². The lowest BCUT2D eigenvalue weighted by molar-refractivity contribution is 0.0515. The van der Waals surface area contributed by atoms with Gasteiger partial charge in [0.25, 0.3) is 0 Å². The van der Waals surface area contributed by atoms with Gasteiger partial charge in [-0.05, 0) is 37.5 Å². The zero-order valence-corrected chi connectivity index (χ0v) is 11.7. The van der Waals surface area contributed by atoms with Crippen molar-refractivity contribution in [3.05, 3.63) is 35.5 Å². The third-order valence-electron chi connectivity index (χ3n) is 2.13. The summed E-state index contributed by atoms with van der Waals surface area (Å²) in [6, 6.07) is 8.06. The molecule has 1 aromatic heterocycles. The van der Waals surface area contributed by atoms with Crippen LogP contribution in [0.15, 0.2) is 33.4 Å². The third-order valence-corrected chi connectivity index (χ3v) is 3.99. The maximum absolute atomic E-state index is 11.7. The number of hydrogen-bond acceptors (Lipinski definition) is 6. The first-order chi connectivity index (χ1) is 8.70. The summed E-state index contributed by atoms with van der Waals surface area (Å²) >= 11 is 2.69. The molecule has 0 spiro atoms. The van der Waals surface area contributed by atoms with Gasteiger partial charge in [-0.15, -0.1) is 5.10 Å². The molecule has 18 heavy (non-hydrogen) atoms. The van der Waals surface area contributed by atoms with E-state index in [1.165, 1.54) is 28.9 Å². The molecule has 6 heteroatoms. The first kappa shape index (κ1) is 13.0. The molecule has 0 aliphatic heterocycles. The molecule has 0 N–H and O–H groups in total. The summed E-state index contributed by atoms with van der Waals surface area (Å²) in [5.41, 5.74) is 1.48. The molecule has 0 saturated carbocycles. The number of aromatic nitrogens is 2. The summed E-state index contributed by atoms with van der Waals surface area (Å²) in [6.07, 6.45) is 0. The van der Waals surface area contributed by atoms with Crippen molar-refractivity contribution in [2.24, 2.45) is 0 Å². The SMILES string of the molecule is CCOC(=O)c1nnsc1Sc1cccc(C)c1. The molecule has 0 amide bonds. The van der Waals surface area contributed by atoms with E-state index in [1.807, 2.05) is 25.1 Å². The average molecular weight is 280 g/mol. The van der Waals surface area contributed by atoms with Crippen molar-refractivity contribution in [2.45, 2.75) is 23.0 Å². The quantitative estimate of drug-likeness (QED) is 0.805. The van der Waals surface area contributed by atoms with Crippen LogP contribution >= 0.6 is 23.3 Å². The second-order valence-electron chi connectivity index (χ2n) is 3.55. The normalized spacial score (nSPS) is 10.3. The Kier molecular flexibility index (Phi) is 4.33. The van der Waals surface area contributed by atoms with E-state index in [-0.39, 0.29) is 0 Å². The van der Waals surface area contributed by atoms with Gasteiger partial charge in [-0.1, -0.05) is 33.9 Å². The molecule has 2 rings (SSSR count). The van der Waals surface area contributed by atoms with Crippen LogP contribution < -0.4 is 0 Å². The Bertz CT molecular complexity index is 555. The molecule has 0 unspecified atom stereocenters. The van der Waals surface area contributed by atoms with Gasteiger partial charge < -0.3 is 4.74 Å². The number of nitrogens with zero attached hydrogens (tertiary/aromatic N) is 2. The van der Waals surface area contributed by atoms with Crippen LogP contribution in [0.4, 0.5) is 0 Å². The minimum absolute atomic E-state index is 0.299. The van der Waals surface area contributed by atoms with Crippen LogP contribution in [0.3, 0.4) is 0 Å². The largest absolute Gasteiger partial charge is 0.461 e. The highest BCUT2D eigenvalue weighted by Gasteiger charge is 2.18. The van der Waals surface area contributed by atoms with Gasteiger partial charge in [-0.2, -0.15) is 0 Å². The smallest absolute Gasteiger partial charge is 0.361 e. The number of benzene rings is 1. The predicted octanol–water partition coefficient (Wildman–Crippen LogP) is 3.17. The van der Waals surface area contributed by atoms with Crippen molar-refractivity contribution in [3.8, 4) is 0 Å². The molecule has 0 atom stereocenters.